The zero-order valence-electron chi connectivity index (χ0n) is 11.4. The molecule has 0 unspecified atom stereocenters. The standard InChI is InChI=1S/C8H16.2C3H8.CH4/c1-3-7-5-8(4-2)6-7;2*1-3-2;/h7-8H,3-6H2,1-2H3;2*3H2,1-2H3;1H4. The zero-order valence-corrected chi connectivity index (χ0v) is 11.4. The molecular weight excluding hydrogens is 180 g/mol. The van der Waals surface area contributed by atoms with E-state index in [1.807, 2.05) is 0 Å². The second-order valence-corrected chi connectivity index (χ2v) is 4.43. The van der Waals surface area contributed by atoms with Gasteiger partial charge in [-0.2, -0.15) is 0 Å². The van der Waals surface area contributed by atoms with Crippen molar-refractivity contribution in [1.82, 2.24) is 0 Å². The van der Waals surface area contributed by atoms with Crippen molar-refractivity contribution in [2.45, 2.75) is 87.5 Å². The molecule has 0 heteroatoms. The van der Waals surface area contributed by atoms with Gasteiger partial charge in [0, 0.05) is 0 Å². The minimum Gasteiger partial charge on any atom is -0.0776 e. The van der Waals surface area contributed by atoms with Gasteiger partial charge in [0.15, 0.2) is 0 Å². The van der Waals surface area contributed by atoms with Crippen LogP contribution >= 0.6 is 0 Å². The van der Waals surface area contributed by atoms with Crippen molar-refractivity contribution in [1.29, 1.82) is 0 Å². The average molecular weight is 216 g/mol. The molecule has 0 amide bonds. The molecule has 0 nitrogen and oxygen atoms in total. The molecule has 0 N–H and O–H groups in total. The highest BCUT2D eigenvalue weighted by atomic mass is 14.3. The van der Waals surface area contributed by atoms with E-state index >= 15 is 0 Å². The molecule has 0 aromatic carbocycles. The van der Waals surface area contributed by atoms with Crippen LogP contribution < -0.4 is 0 Å². The Morgan fingerprint density at radius 3 is 1.00 bits per heavy atom. The van der Waals surface area contributed by atoms with Crippen LogP contribution in [-0.2, 0) is 0 Å². The maximum atomic E-state index is 2.30. The maximum Gasteiger partial charge on any atom is -0.0412 e. The average Bonchev–Trinajstić information content (AvgIpc) is 2.06. The highest BCUT2D eigenvalue weighted by Crippen LogP contribution is 2.37. The maximum absolute atomic E-state index is 2.30. The predicted molar refractivity (Wildman–Crippen MR) is 75.5 cm³/mol. The van der Waals surface area contributed by atoms with Crippen LogP contribution in [0.4, 0.5) is 0 Å². The smallest absolute Gasteiger partial charge is 0.0412 e. The minimum atomic E-state index is 0. The highest BCUT2D eigenvalue weighted by molar-refractivity contribution is 4.76. The number of hydrogen-bond acceptors (Lipinski definition) is 0. The number of rotatable bonds is 2. The Bertz CT molecular complexity index is 70.0. The van der Waals surface area contributed by atoms with E-state index in [4.69, 9.17) is 0 Å². The van der Waals surface area contributed by atoms with Gasteiger partial charge in [-0.05, 0) is 24.7 Å². The lowest BCUT2D eigenvalue weighted by molar-refractivity contribution is 0.183. The first-order chi connectivity index (χ1) is 6.69. The van der Waals surface area contributed by atoms with Crippen LogP contribution in [0.2, 0.25) is 0 Å². The summed E-state index contributed by atoms with van der Waals surface area (Å²) >= 11 is 0. The molecule has 0 aliphatic heterocycles. The van der Waals surface area contributed by atoms with Gasteiger partial charge in [0.25, 0.3) is 0 Å². The van der Waals surface area contributed by atoms with Gasteiger partial charge in [0.1, 0.15) is 0 Å². The lowest BCUT2D eigenvalue weighted by atomic mass is 9.72. The van der Waals surface area contributed by atoms with Crippen molar-refractivity contribution in [3.8, 4) is 0 Å². The molecule has 0 aromatic rings. The second kappa shape index (κ2) is 16.4. The van der Waals surface area contributed by atoms with Crippen molar-refractivity contribution in [3.05, 3.63) is 0 Å². The van der Waals surface area contributed by atoms with Crippen LogP contribution in [0.15, 0.2) is 0 Å². The van der Waals surface area contributed by atoms with E-state index in [-0.39, 0.29) is 7.43 Å². The van der Waals surface area contributed by atoms with Gasteiger partial charge in [0.05, 0.1) is 0 Å². The van der Waals surface area contributed by atoms with Gasteiger partial charge in [-0.25, -0.2) is 0 Å². The van der Waals surface area contributed by atoms with E-state index in [1.165, 1.54) is 38.5 Å². The molecule has 0 heterocycles. The largest absolute Gasteiger partial charge is 0.0776 e. The van der Waals surface area contributed by atoms with Crippen molar-refractivity contribution in [2.24, 2.45) is 11.8 Å². The normalized spacial score (nSPS) is 22.0. The molecule has 15 heavy (non-hydrogen) atoms. The van der Waals surface area contributed by atoms with E-state index in [9.17, 15) is 0 Å². The first kappa shape index (κ1) is 20.4. The van der Waals surface area contributed by atoms with Gasteiger partial charge in [-0.15, -0.1) is 0 Å². The van der Waals surface area contributed by atoms with Crippen molar-refractivity contribution < 1.29 is 0 Å². The molecule has 1 fully saturated rings. The summed E-state index contributed by atoms with van der Waals surface area (Å²) < 4.78 is 0. The summed E-state index contributed by atoms with van der Waals surface area (Å²) in [6.07, 6.45) is 8.37. The monoisotopic (exact) mass is 216 g/mol. The molecule has 0 bridgehead atoms. The van der Waals surface area contributed by atoms with Crippen molar-refractivity contribution >= 4 is 0 Å². The quantitative estimate of drug-likeness (QED) is 0.508. The summed E-state index contributed by atoms with van der Waals surface area (Å²) in [6, 6.07) is 0. The third kappa shape index (κ3) is 14.0. The SMILES string of the molecule is C.CCC.CCC.CCC1CC(CC)C1. The summed E-state index contributed by atoms with van der Waals surface area (Å²) in [4.78, 5) is 0. The molecule has 1 rings (SSSR count). The van der Waals surface area contributed by atoms with Crippen LogP contribution in [0, 0.1) is 11.8 Å². The minimum absolute atomic E-state index is 0. The fourth-order valence-corrected chi connectivity index (χ4v) is 1.54. The van der Waals surface area contributed by atoms with Crippen LogP contribution in [0.25, 0.3) is 0 Å². The van der Waals surface area contributed by atoms with E-state index in [0.29, 0.717) is 0 Å². The molecule has 0 saturated heterocycles. The fraction of sp³-hybridized carbons (Fsp3) is 1.00. The Morgan fingerprint density at radius 1 is 0.667 bits per heavy atom. The highest BCUT2D eigenvalue weighted by Gasteiger charge is 2.25. The fourth-order valence-electron chi connectivity index (χ4n) is 1.54. The molecule has 96 valence electrons. The zero-order chi connectivity index (χ0) is 11.4. The first-order valence-electron chi connectivity index (χ1n) is 6.69. The van der Waals surface area contributed by atoms with Crippen LogP contribution in [0.5, 0.6) is 0 Å². The van der Waals surface area contributed by atoms with Crippen LogP contribution in [-0.4, -0.2) is 0 Å². The Labute approximate surface area is 99.9 Å². The van der Waals surface area contributed by atoms with Gasteiger partial charge in [-0.1, -0.05) is 74.7 Å². The molecule has 0 radical (unpaired) electrons. The Kier molecular flexibility index (Phi) is 22.4. The van der Waals surface area contributed by atoms with Crippen molar-refractivity contribution in [2.75, 3.05) is 0 Å². The van der Waals surface area contributed by atoms with E-state index < -0.39 is 0 Å². The summed E-state index contributed by atoms with van der Waals surface area (Å²) in [5.74, 6) is 2.19. The Morgan fingerprint density at radius 2 is 0.867 bits per heavy atom. The molecule has 0 spiro atoms. The third-order valence-electron chi connectivity index (χ3n) is 2.49. The summed E-state index contributed by atoms with van der Waals surface area (Å²) in [5, 5.41) is 0. The number of hydrogen-bond donors (Lipinski definition) is 0. The molecular formula is C15H36. The molecule has 0 atom stereocenters. The topological polar surface area (TPSA) is 0 Å². The lowest BCUT2D eigenvalue weighted by Gasteiger charge is -2.33. The first-order valence-corrected chi connectivity index (χ1v) is 6.69. The molecule has 1 aliphatic rings. The molecule has 0 aromatic heterocycles. The van der Waals surface area contributed by atoms with E-state index in [1.54, 1.807) is 0 Å². The van der Waals surface area contributed by atoms with E-state index in [0.717, 1.165) is 11.8 Å². The van der Waals surface area contributed by atoms with Gasteiger partial charge >= 0.3 is 0 Å². The molecule has 1 aliphatic carbocycles. The van der Waals surface area contributed by atoms with Crippen molar-refractivity contribution in [3.63, 3.8) is 0 Å². The third-order valence-corrected chi connectivity index (χ3v) is 2.49. The Balaban J connectivity index is -0.000000177. The van der Waals surface area contributed by atoms with Crippen LogP contribution in [0.1, 0.15) is 87.5 Å². The predicted octanol–water partition coefficient (Wildman–Crippen LogP) is 6.30. The summed E-state index contributed by atoms with van der Waals surface area (Å²) in [7, 11) is 0. The van der Waals surface area contributed by atoms with Gasteiger partial charge < -0.3 is 0 Å². The summed E-state index contributed by atoms with van der Waals surface area (Å²) in [5.41, 5.74) is 0. The lowest BCUT2D eigenvalue weighted by Crippen LogP contribution is -2.21. The van der Waals surface area contributed by atoms with Gasteiger partial charge in [0.2, 0.25) is 0 Å². The van der Waals surface area contributed by atoms with Gasteiger partial charge in [-0.3, -0.25) is 0 Å². The second-order valence-electron chi connectivity index (χ2n) is 4.43. The molecule has 1 saturated carbocycles. The van der Waals surface area contributed by atoms with E-state index in [2.05, 4.69) is 41.5 Å². The van der Waals surface area contributed by atoms with Crippen LogP contribution in [0.3, 0.4) is 0 Å². The summed E-state index contributed by atoms with van der Waals surface area (Å²) in [6.45, 7) is 13.1. The Hall–Kier alpha value is 0.